The van der Waals surface area contributed by atoms with Gasteiger partial charge in [0.15, 0.2) is 0 Å². The second-order valence-electron chi connectivity index (χ2n) is 9.96. The molecule has 0 aliphatic carbocycles. The van der Waals surface area contributed by atoms with E-state index in [0.29, 0.717) is 38.4 Å². The molecule has 1 aliphatic rings. The third-order valence-electron chi connectivity index (χ3n) is 5.62. The number of hydrogen-bond donors (Lipinski definition) is 1. The minimum absolute atomic E-state index is 0.0103. The van der Waals surface area contributed by atoms with Crippen molar-refractivity contribution in [3.05, 3.63) is 23.8 Å². The second-order valence-corrected chi connectivity index (χ2v) is 9.96. The topological polar surface area (TPSA) is 123 Å². The standard InChI is InChI=1S/C26H41N5O5/c1-6-35-23(33)16-20(21-17-28-19(2)29-18-21)12-9-7-8-10-13-22(32)30-24-27-14-11-15-31(24)25(34)36-26(3,4)5/h17-18,20H,6-16H2,1-5H3,(H,27,30,32)/t20-/m0/s1. The SMILES string of the molecule is CCOC(=O)C[C@H](CCCCCCC(=O)NC1=NCCCN1C(=O)OC(C)(C)C)c1cnc(C)nc1. The highest BCUT2D eigenvalue weighted by molar-refractivity contribution is 6.03. The molecule has 0 unspecified atom stereocenters. The Balaban J connectivity index is 1.75. The van der Waals surface area contributed by atoms with Crippen LogP contribution in [-0.2, 0) is 19.1 Å². The lowest BCUT2D eigenvalue weighted by Gasteiger charge is -2.30. The van der Waals surface area contributed by atoms with Crippen LogP contribution in [0, 0.1) is 6.92 Å². The van der Waals surface area contributed by atoms with E-state index in [9.17, 15) is 14.4 Å². The predicted molar refractivity (Wildman–Crippen MR) is 136 cm³/mol. The highest BCUT2D eigenvalue weighted by atomic mass is 16.6. The van der Waals surface area contributed by atoms with E-state index in [0.717, 1.165) is 44.1 Å². The molecule has 1 aromatic rings. The van der Waals surface area contributed by atoms with Crippen molar-refractivity contribution >= 4 is 23.9 Å². The molecule has 0 spiro atoms. The van der Waals surface area contributed by atoms with E-state index in [1.54, 1.807) is 40.1 Å². The van der Waals surface area contributed by atoms with Gasteiger partial charge in [-0.3, -0.25) is 19.9 Å². The predicted octanol–water partition coefficient (Wildman–Crippen LogP) is 4.28. The third kappa shape index (κ3) is 10.7. The summed E-state index contributed by atoms with van der Waals surface area (Å²) in [5, 5.41) is 2.78. The molecule has 0 fully saturated rings. The first-order chi connectivity index (χ1) is 17.1. The van der Waals surface area contributed by atoms with E-state index in [1.165, 1.54) is 4.90 Å². The van der Waals surface area contributed by atoms with Crippen LogP contribution in [0.3, 0.4) is 0 Å². The molecule has 10 nitrogen and oxygen atoms in total. The van der Waals surface area contributed by atoms with Crippen LogP contribution in [0.2, 0.25) is 0 Å². The maximum atomic E-state index is 12.5. The molecule has 1 aliphatic heterocycles. The number of aliphatic imine (C=N–C) groups is 1. The van der Waals surface area contributed by atoms with Gasteiger partial charge in [0, 0.05) is 31.9 Å². The summed E-state index contributed by atoms with van der Waals surface area (Å²) in [5.41, 5.74) is 0.321. The van der Waals surface area contributed by atoms with Gasteiger partial charge in [-0.05, 0) is 65.4 Å². The van der Waals surface area contributed by atoms with Crippen LogP contribution in [-0.4, -0.2) is 64.1 Å². The van der Waals surface area contributed by atoms with Gasteiger partial charge in [0.05, 0.1) is 13.0 Å². The fraction of sp³-hybridized carbons (Fsp3) is 0.692. The van der Waals surface area contributed by atoms with Gasteiger partial charge in [0.1, 0.15) is 11.4 Å². The summed E-state index contributed by atoms with van der Waals surface area (Å²) in [6.45, 7) is 10.4. The Morgan fingerprint density at radius 2 is 1.81 bits per heavy atom. The van der Waals surface area contributed by atoms with E-state index in [1.807, 2.05) is 6.92 Å². The van der Waals surface area contributed by atoms with Crippen LogP contribution < -0.4 is 5.32 Å². The Morgan fingerprint density at radius 1 is 1.11 bits per heavy atom. The maximum absolute atomic E-state index is 12.5. The molecule has 2 heterocycles. The number of rotatable bonds is 11. The molecule has 0 bridgehead atoms. The number of carbonyl (C=O) groups is 3. The molecule has 2 rings (SSSR count). The lowest BCUT2D eigenvalue weighted by Crippen LogP contribution is -2.51. The second kappa shape index (κ2) is 14.5. The van der Waals surface area contributed by atoms with Crippen LogP contribution in [0.15, 0.2) is 17.4 Å². The molecule has 1 N–H and O–H groups in total. The molecule has 200 valence electrons. The number of nitrogens with zero attached hydrogens (tertiary/aromatic N) is 4. The van der Waals surface area contributed by atoms with E-state index < -0.39 is 11.7 Å². The molecule has 0 radical (unpaired) electrons. The largest absolute Gasteiger partial charge is 0.466 e. The molecule has 36 heavy (non-hydrogen) atoms. The number of unbranched alkanes of at least 4 members (excludes halogenated alkanes) is 3. The van der Waals surface area contributed by atoms with Crippen LogP contribution in [0.5, 0.6) is 0 Å². The number of ether oxygens (including phenoxy) is 2. The van der Waals surface area contributed by atoms with Gasteiger partial charge in [-0.1, -0.05) is 19.3 Å². The third-order valence-corrected chi connectivity index (χ3v) is 5.62. The smallest absolute Gasteiger partial charge is 0.417 e. The van der Waals surface area contributed by atoms with Crippen molar-refractivity contribution in [3.8, 4) is 0 Å². The summed E-state index contributed by atoms with van der Waals surface area (Å²) in [7, 11) is 0. The minimum atomic E-state index is -0.620. The Morgan fingerprint density at radius 3 is 2.47 bits per heavy atom. The molecule has 1 atom stereocenters. The lowest BCUT2D eigenvalue weighted by molar-refractivity contribution is -0.143. The van der Waals surface area contributed by atoms with Crippen molar-refractivity contribution in [2.75, 3.05) is 19.7 Å². The van der Waals surface area contributed by atoms with E-state index in [4.69, 9.17) is 9.47 Å². The van der Waals surface area contributed by atoms with Gasteiger partial charge in [-0.2, -0.15) is 0 Å². The van der Waals surface area contributed by atoms with Crippen LogP contribution in [0.1, 0.15) is 96.4 Å². The van der Waals surface area contributed by atoms with E-state index in [-0.39, 0.29) is 23.8 Å². The first-order valence-corrected chi connectivity index (χ1v) is 12.9. The summed E-state index contributed by atoms with van der Waals surface area (Å²) in [6, 6.07) is 0. The van der Waals surface area contributed by atoms with Crippen molar-refractivity contribution in [2.45, 2.75) is 97.5 Å². The minimum Gasteiger partial charge on any atom is -0.466 e. The monoisotopic (exact) mass is 503 g/mol. The van der Waals surface area contributed by atoms with Crippen LogP contribution in [0.4, 0.5) is 4.79 Å². The molecule has 10 heteroatoms. The van der Waals surface area contributed by atoms with Gasteiger partial charge < -0.3 is 9.47 Å². The number of aromatic nitrogens is 2. The van der Waals surface area contributed by atoms with Gasteiger partial charge in [0.2, 0.25) is 11.9 Å². The highest BCUT2D eigenvalue weighted by Gasteiger charge is 2.28. The van der Waals surface area contributed by atoms with Crippen molar-refractivity contribution in [2.24, 2.45) is 4.99 Å². The van der Waals surface area contributed by atoms with Crippen molar-refractivity contribution in [1.29, 1.82) is 0 Å². The lowest BCUT2D eigenvalue weighted by atomic mass is 9.92. The van der Waals surface area contributed by atoms with Crippen molar-refractivity contribution < 1.29 is 23.9 Å². The number of guanidine groups is 1. The number of nitrogens with one attached hydrogen (secondary N) is 1. The number of aryl methyl sites for hydroxylation is 1. The van der Waals surface area contributed by atoms with Crippen molar-refractivity contribution in [3.63, 3.8) is 0 Å². The quantitative estimate of drug-likeness (QED) is 0.353. The first kappa shape index (κ1) is 29.2. The fourth-order valence-electron chi connectivity index (χ4n) is 3.84. The summed E-state index contributed by atoms with van der Waals surface area (Å²) in [4.78, 5) is 51.2. The van der Waals surface area contributed by atoms with E-state index >= 15 is 0 Å². The Hall–Kier alpha value is -3.04. The number of carbonyl (C=O) groups excluding carboxylic acids is 3. The number of amides is 2. The normalized spacial score (nSPS) is 14.6. The zero-order chi connectivity index (χ0) is 26.6. The number of esters is 1. The summed E-state index contributed by atoms with van der Waals surface area (Å²) < 4.78 is 10.6. The first-order valence-electron chi connectivity index (χ1n) is 12.9. The van der Waals surface area contributed by atoms with Crippen molar-refractivity contribution in [1.82, 2.24) is 20.2 Å². The van der Waals surface area contributed by atoms with Crippen LogP contribution >= 0.6 is 0 Å². The maximum Gasteiger partial charge on any atom is 0.417 e. The molecule has 2 amide bonds. The molecular weight excluding hydrogens is 462 g/mol. The molecular formula is C26H41N5O5. The van der Waals surface area contributed by atoms with E-state index in [2.05, 4.69) is 20.3 Å². The zero-order valence-corrected chi connectivity index (χ0v) is 22.3. The Labute approximate surface area is 214 Å². The highest BCUT2D eigenvalue weighted by Crippen LogP contribution is 2.26. The van der Waals surface area contributed by atoms with Gasteiger partial charge in [-0.25, -0.2) is 19.7 Å². The summed E-state index contributed by atoms with van der Waals surface area (Å²) in [5.74, 6) is 0.589. The zero-order valence-electron chi connectivity index (χ0n) is 22.3. The van der Waals surface area contributed by atoms with Gasteiger partial charge in [-0.15, -0.1) is 0 Å². The number of hydrogen-bond acceptors (Lipinski definition) is 8. The summed E-state index contributed by atoms with van der Waals surface area (Å²) in [6.07, 6.45) is 8.71. The molecule has 1 aromatic heterocycles. The molecule has 0 saturated heterocycles. The molecule has 0 saturated carbocycles. The fourth-order valence-corrected chi connectivity index (χ4v) is 3.84. The average Bonchev–Trinajstić information content (AvgIpc) is 2.80. The Bertz CT molecular complexity index is 895. The Kier molecular flexibility index (Phi) is 11.8. The molecule has 0 aromatic carbocycles. The van der Waals surface area contributed by atoms with Gasteiger partial charge >= 0.3 is 12.1 Å². The summed E-state index contributed by atoms with van der Waals surface area (Å²) >= 11 is 0. The van der Waals surface area contributed by atoms with Crippen LogP contribution in [0.25, 0.3) is 0 Å². The average molecular weight is 504 g/mol. The van der Waals surface area contributed by atoms with Gasteiger partial charge in [0.25, 0.3) is 0 Å².